The molecule has 0 aliphatic heterocycles. The first-order chi connectivity index (χ1) is 6.02. The van der Waals surface area contributed by atoms with Crippen molar-refractivity contribution in [1.82, 2.24) is 14.8 Å². The standard InChI is InChI=1S/C9H18N4/c1-6(2)5-8(10)9-12-11-7(3)13(9)4/h6,8H,5,10H2,1-4H3. The molecule has 0 fully saturated rings. The highest BCUT2D eigenvalue weighted by Crippen LogP contribution is 2.16. The van der Waals surface area contributed by atoms with Crippen molar-refractivity contribution in [1.29, 1.82) is 0 Å². The Kier molecular flexibility index (Phi) is 3.03. The van der Waals surface area contributed by atoms with E-state index in [0.29, 0.717) is 5.92 Å². The van der Waals surface area contributed by atoms with Gasteiger partial charge in [-0.1, -0.05) is 13.8 Å². The summed E-state index contributed by atoms with van der Waals surface area (Å²) in [5.74, 6) is 2.38. The molecule has 0 radical (unpaired) electrons. The Balaban J connectivity index is 2.76. The van der Waals surface area contributed by atoms with Crippen LogP contribution in [0.25, 0.3) is 0 Å². The van der Waals surface area contributed by atoms with Crippen molar-refractivity contribution in [3.05, 3.63) is 11.6 Å². The van der Waals surface area contributed by atoms with Gasteiger partial charge in [-0.25, -0.2) is 0 Å². The molecule has 2 N–H and O–H groups in total. The van der Waals surface area contributed by atoms with Gasteiger partial charge in [0, 0.05) is 7.05 Å². The van der Waals surface area contributed by atoms with E-state index in [-0.39, 0.29) is 6.04 Å². The number of hydrogen-bond donors (Lipinski definition) is 1. The Labute approximate surface area is 79.2 Å². The van der Waals surface area contributed by atoms with Gasteiger partial charge in [0.25, 0.3) is 0 Å². The number of nitrogens with zero attached hydrogens (tertiary/aromatic N) is 3. The molecule has 1 rings (SSSR count). The van der Waals surface area contributed by atoms with E-state index in [1.54, 1.807) is 0 Å². The zero-order valence-electron chi connectivity index (χ0n) is 8.78. The van der Waals surface area contributed by atoms with Crippen molar-refractivity contribution >= 4 is 0 Å². The van der Waals surface area contributed by atoms with Crippen LogP contribution in [-0.2, 0) is 7.05 Å². The summed E-state index contributed by atoms with van der Waals surface area (Å²) in [5.41, 5.74) is 5.99. The highest BCUT2D eigenvalue weighted by atomic mass is 15.3. The Hall–Kier alpha value is -0.900. The van der Waals surface area contributed by atoms with Crippen molar-refractivity contribution in [3.8, 4) is 0 Å². The monoisotopic (exact) mass is 182 g/mol. The summed E-state index contributed by atoms with van der Waals surface area (Å²) in [5, 5.41) is 8.03. The lowest BCUT2D eigenvalue weighted by Crippen LogP contribution is -2.17. The lowest BCUT2D eigenvalue weighted by atomic mass is 10.0. The number of aromatic nitrogens is 3. The maximum absolute atomic E-state index is 5.99. The van der Waals surface area contributed by atoms with Gasteiger partial charge in [0.15, 0.2) is 0 Å². The molecular weight excluding hydrogens is 164 g/mol. The van der Waals surface area contributed by atoms with Crippen LogP contribution in [0.5, 0.6) is 0 Å². The second kappa shape index (κ2) is 3.87. The molecule has 0 amide bonds. The molecule has 0 saturated heterocycles. The summed E-state index contributed by atoms with van der Waals surface area (Å²) in [6.07, 6.45) is 0.950. The van der Waals surface area contributed by atoms with Crippen LogP contribution in [0.15, 0.2) is 0 Å². The Morgan fingerprint density at radius 2 is 2.00 bits per heavy atom. The average Bonchev–Trinajstić information content (AvgIpc) is 2.31. The van der Waals surface area contributed by atoms with Crippen LogP contribution < -0.4 is 5.73 Å². The van der Waals surface area contributed by atoms with E-state index in [2.05, 4.69) is 24.0 Å². The smallest absolute Gasteiger partial charge is 0.149 e. The fourth-order valence-electron chi connectivity index (χ4n) is 1.36. The molecule has 13 heavy (non-hydrogen) atoms. The van der Waals surface area contributed by atoms with Crippen molar-refractivity contribution in [3.63, 3.8) is 0 Å². The van der Waals surface area contributed by atoms with E-state index in [4.69, 9.17) is 5.73 Å². The maximum Gasteiger partial charge on any atom is 0.149 e. The molecule has 1 atom stereocenters. The van der Waals surface area contributed by atoms with Gasteiger partial charge in [0.2, 0.25) is 0 Å². The summed E-state index contributed by atoms with van der Waals surface area (Å²) >= 11 is 0. The largest absolute Gasteiger partial charge is 0.321 e. The molecule has 4 heteroatoms. The van der Waals surface area contributed by atoms with Crippen LogP contribution in [0.3, 0.4) is 0 Å². The third kappa shape index (κ3) is 2.28. The zero-order valence-corrected chi connectivity index (χ0v) is 8.78. The molecule has 74 valence electrons. The minimum absolute atomic E-state index is 0.00574. The van der Waals surface area contributed by atoms with Crippen LogP contribution in [0.2, 0.25) is 0 Å². The zero-order chi connectivity index (χ0) is 10.0. The molecule has 0 bridgehead atoms. The van der Waals surface area contributed by atoms with Crippen molar-refractivity contribution in [2.45, 2.75) is 33.2 Å². The maximum atomic E-state index is 5.99. The van der Waals surface area contributed by atoms with E-state index in [1.165, 1.54) is 0 Å². The molecule has 1 aromatic rings. The predicted octanol–water partition coefficient (Wildman–Crippen LogP) is 1.17. The molecule has 0 aromatic carbocycles. The summed E-state index contributed by atoms with van der Waals surface area (Å²) in [6, 6.07) is 0.00574. The number of rotatable bonds is 3. The minimum Gasteiger partial charge on any atom is -0.321 e. The predicted molar refractivity (Wildman–Crippen MR) is 52.1 cm³/mol. The number of hydrogen-bond acceptors (Lipinski definition) is 3. The molecule has 1 unspecified atom stereocenters. The van der Waals surface area contributed by atoms with Gasteiger partial charge in [0.05, 0.1) is 6.04 Å². The summed E-state index contributed by atoms with van der Waals surface area (Å²) in [7, 11) is 1.95. The van der Waals surface area contributed by atoms with Gasteiger partial charge in [-0.05, 0) is 19.3 Å². The lowest BCUT2D eigenvalue weighted by molar-refractivity contribution is 0.482. The van der Waals surface area contributed by atoms with E-state index < -0.39 is 0 Å². The average molecular weight is 182 g/mol. The topological polar surface area (TPSA) is 56.7 Å². The molecule has 0 aliphatic rings. The molecule has 0 aliphatic carbocycles. The number of nitrogens with two attached hydrogens (primary N) is 1. The first kappa shape index (κ1) is 10.2. The van der Waals surface area contributed by atoms with Gasteiger partial charge < -0.3 is 10.3 Å². The van der Waals surface area contributed by atoms with E-state index in [1.807, 2.05) is 18.5 Å². The first-order valence-corrected chi connectivity index (χ1v) is 4.63. The third-order valence-corrected chi connectivity index (χ3v) is 2.18. The summed E-state index contributed by atoms with van der Waals surface area (Å²) < 4.78 is 1.95. The van der Waals surface area contributed by atoms with E-state index in [0.717, 1.165) is 18.1 Å². The van der Waals surface area contributed by atoms with Crippen molar-refractivity contribution in [2.75, 3.05) is 0 Å². The van der Waals surface area contributed by atoms with Crippen LogP contribution in [0.4, 0.5) is 0 Å². The van der Waals surface area contributed by atoms with Crippen LogP contribution >= 0.6 is 0 Å². The third-order valence-electron chi connectivity index (χ3n) is 2.18. The van der Waals surface area contributed by atoms with Crippen LogP contribution in [0.1, 0.15) is 38.0 Å². The van der Waals surface area contributed by atoms with Crippen molar-refractivity contribution in [2.24, 2.45) is 18.7 Å². The molecule has 0 spiro atoms. The highest BCUT2D eigenvalue weighted by molar-refractivity contribution is 4.98. The van der Waals surface area contributed by atoms with Gasteiger partial charge in [0.1, 0.15) is 11.6 Å². The molecule has 1 aromatic heterocycles. The van der Waals surface area contributed by atoms with Crippen LogP contribution in [0, 0.1) is 12.8 Å². The Morgan fingerprint density at radius 1 is 1.38 bits per heavy atom. The van der Waals surface area contributed by atoms with E-state index in [9.17, 15) is 0 Å². The Morgan fingerprint density at radius 3 is 2.38 bits per heavy atom. The SMILES string of the molecule is Cc1nnc(C(N)CC(C)C)n1C. The van der Waals surface area contributed by atoms with Gasteiger partial charge in [-0.2, -0.15) is 0 Å². The summed E-state index contributed by atoms with van der Waals surface area (Å²) in [6.45, 7) is 6.24. The summed E-state index contributed by atoms with van der Waals surface area (Å²) in [4.78, 5) is 0. The highest BCUT2D eigenvalue weighted by Gasteiger charge is 2.14. The van der Waals surface area contributed by atoms with Gasteiger partial charge >= 0.3 is 0 Å². The quantitative estimate of drug-likeness (QED) is 0.763. The second-order valence-electron chi connectivity index (χ2n) is 3.90. The normalized spacial score (nSPS) is 13.7. The fraction of sp³-hybridized carbons (Fsp3) is 0.778. The van der Waals surface area contributed by atoms with E-state index >= 15 is 0 Å². The molecule has 1 heterocycles. The fourth-order valence-corrected chi connectivity index (χ4v) is 1.36. The van der Waals surface area contributed by atoms with Gasteiger partial charge in [-0.15, -0.1) is 10.2 Å². The minimum atomic E-state index is 0.00574. The van der Waals surface area contributed by atoms with Crippen LogP contribution in [-0.4, -0.2) is 14.8 Å². The van der Waals surface area contributed by atoms with Gasteiger partial charge in [-0.3, -0.25) is 0 Å². The number of aryl methyl sites for hydroxylation is 1. The molecule has 0 saturated carbocycles. The second-order valence-corrected chi connectivity index (χ2v) is 3.90. The van der Waals surface area contributed by atoms with Crippen molar-refractivity contribution < 1.29 is 0 Å². The molecular formula is C9H18N4. The Bertz CT molecular complexity index is 277. The first-order valence-electron chi connectivity index (χ1n) is 4.63. The lowest BCUT2D eigenvalue weighted by Gasteiger charge is -2.12. The molecule has 4 nitrogen and oxygen atoms in total.